The molecule has 0 bridgehead atoms. The number of rotatable bonds is 3. The Morgan fingerprint density at radius 2 is 2.36 bits per heavy atom. The fourth-order valence-corrected chi connectivity index (χ4v) is 1.10. The number of methoxy groups -OCH3 is 1. The average molecular weight is 193 g/mol. The SMILES string of the molecule is COc1nonc1-c1ccc(C=O)[nH]1. The highest BCUT2D eigenvalue weighted by Gasteiger charge is 2.13. The van der Waals surface area contributed by atoms with Crippen molar-refractivity contribution in [1.82, 2.24) is 15.3 Å². The molecule has 2 heterocycles. The summed E-state index contributed by atoms with van der Waals surface area (Å²) in [5.41, 5.74) is 1.54. The van der Waals surface area contributed by atoms with Crippen molar-refractivity contribution in [2.24, 2.45) is 0 Å². The Hall–Kier alpha value is -2.11. The largest absolute Gasteiger partial charge is 0.477 e. The molecule has 2 rings (SSSR count). The summed E-state index contributed by atoms with van der Waals surface area (Å²) >= 11 is 0. The molecule has 0 atom stereocenters. The van der Waals surface area contributed by atoms with Gasteiger partial charge in [0.25, 0.3) is 5.88 Å². The average Bonchev–Trinajstić information content (AvgIpc) is 2.85. The number of hydrogen-bond donors (Lipinski definition) is 1. The van der Waals surface area contributed by atoms with Crippen molar-refractivity contribution in [3.05, 3.63) is 17.8 Å². The van der Waals surface area contributed by atoms with Gasteiger partial charge in [-0.15, -0.1) is 0 Å². The molecule has 0 fully saturated rings. The molecule has 0 amide bonds. The van der Waals surface area contributed by atoms with E-state index in [0.29, 0.717) is 23.4 Å². The summed E-state index contributed by atoms with van der Waals surface area (Å²) < 4.78 is 9.41. The quantitative estimate of drug-likeness (QED) is 0.732. The molecule has 0 spiro atoms. The van der Waals surface area contributed by atoms with Crippen LogP contribution < -0.4 is 4.74 Å². The van der Waals surface area contributed by atoms with Crippen molar-refractivity contribution in [3.63, 3.8) is 0 Å². The lowest BCUT2D eigenvalue weighted by molar-refractivity contribution is 0.111. The third-order valence-electron chi connectivity index (χ3n) is 1.74. The molecular formula is C8H7N3O3. The first kappa shape index (κ1) is 8.49. The van der Waals surface area contributed by atoms with Gasteiger partial charge in [-0.05, 0) is 22.4 Å². The zero-order valence-corrected chi connectivity index (χ0v) is 7.35. The normalized spacial score (nSPS) is 10.1. The molecule has 2 aromatic rings. The molecule has 0 saturated heterocycles. The van der Waals surface area contributed by atoms with E-state index in [2.05, 4.69) is 19.9 Å². The monoisotopic (exact) mass is 193 g/mol. The number of hydrogen-bond acceptors (Lipinski definition) is 5. The van der Waals surface area contributed by atoms with Gasteiger partial charge in [-0.2, -0.15) is 0 Å². The minimum atomic E-state index is 0.282. The maximum atomic E-state index is 10.4. The fourth-order valence-electron chi connectivity index (χ4n) is 1.10. The summed E-state index contributed by atoms with van der Waals surface area (Å²) in [6.07, 6.45) is 0.712. The lowest BCUT2D eigenvalue weighted by Gasteiger charge is -1.93. The van der Waals surface area contributed by atoms with Gasteiger partial charge < -0.3 is 9.72 Å². The number of carbonyl (C=O) groups excluding carboxylic acids is 1. The van der Waals surface area contributed by atoms with E-state index in [4.69, 9.17) is 4.74 Å². The van der Waals surface area contributed by atoms with Gasteiger partial charge in [-0.25, -0.2) is 4.63 Å². The van der Waals surface area contributed by atoms with Crippen molar-refractivity contribution in [3.8, 4) is 17.3 Å². The van der Waals surface area contributed by atoms with Crippen LogP contribution in [0.5, 0.6) is 5.88 Å². The standard InChI is InChI=1S/C8H7N3O3/c1-13-8-7(10-14-11-8)6-3-2-5(4-12)9-6/h2-4,9H,1H3. The van der Waals surface area contributed by atoms with E-state index >= 15 is 0 Å². The Bertz CT molecular complexity index is 446. The van der Waals surface area contributed by atoms with Gasteiger partial charge in [0, 0.05) is 0 Å². The van der Waals surface area contributed by atoms with Gasteiger partial charge in [-0.3, -0.25) is 4.79 Å². The van der Waals surface area contributed by atoms with Crippen molar-refractivity contribution < 1.29 is 14.2 Å². The predicted octanol–water partition coefficient (Wildman–Crippen LogP) is 0.886. The van der Waals surface area contributed by atoms with E-state index in [-0.39, 0.29) is 5.88 Å². The third-order valence-corrected chi connectivity index (χ3v) is 1.74. The lowest BCUT2D eigenvalue weighted by atomic mass is 10.3. The summed E-state index contributed by atoms with van der Waals surface area (Å²) in [7, 11) is 1.46. The van der Waals surface area contributed by atoms with Crippen LogP contribution in [0.4, 0.5) is 0 Å². The first-order valence-corrected chi connectivity index (χ1v) is 3.86. The van der Waals surface area contributed by atoms with Crippen LogP contribution in [0.15, 0.2) is 16.8 Å². The molecule has 1 N–H and O–H groups in total. The molecule has 0 unspecified atom stereocenters. The maximum absolute atomic E-state index is 10.4. The summed E-state index contributed by atoms with van der Waals surface area (Å²) in [5, 5.41) is 7.18. The fraction of sp³-hybridized carbons (Fsp3) is 0.125. The minimum Gasteiger partial charge on any atom is -0.477 e. The van der Waals surface area contributed by atoms with Gasteiger partial charge in [0.05, 0.1) is 18.5 Å². The number of carbonyl (C=O) groups is 1. The van der Waals surface area contributed by atoms with Crippen LogP contribution in [0.25, 0.3) is 11.4 Å². The second-order valence-electron chi connectivity index (χ2n) is 2.57. The molecule has 0 aromatic carbocycles. The van der Waals surface area contributed by atoms with Crippen LogP contribution in [0.1, 0.15) is 10.5 Å². The highest BCUT2D eigenvalue weighted by molar-refractivity contribution is 5.75. The van der Waals surface area contributed by atoms with Crippen LogP contribution in [-0.2, 0) is 0 Å². The molecule has 6 heteroatoms. The molecular weight excluding hydrogens is 186 g/mol. The Labute approximate surface area is 78.8 Å². The van der Waals surface area contributed by atoms with E-state index in [1.807, 2.05) is 0 Å². The van der Waals surface area contributed by atoms with Gasteiger partial charge in [0.15, 0.2) is 12.0 Å². The lowest BCUT2D eigenvalue weighted by Crippen LogP contribution is -1.87. The van der Waals surface area contributed by atoms with Gasteiger partial charge in [0.2, 0.25) is 0 Å². The van der Waals surface area contributed by atoms with Crippen LogP contribution in [0.2, 0.25) is 0 Å². The van der Waals surface area contributed by atoms with Crippen LogP contribution in [-0.4, -0.2) is 28.7 Å². The molecule has 0 aliphatic rings. The van der Waals surface area contributed by atoms with Crippen molar-refractivity contribution in [2.45, 2.75) is 0 Å². The smallest absolute Gasteiger partial charge is 0.285 e. The number of H-pyrrole nitrogens is 1. The van der Waals surface area contributed by atoms with E-state index in [9.17, 15) is 4.79 Å². The van der Waals surface area contributed by atoms with Crippen molar-refractivity contribution >= 4 is 6.29 Å². The first-order chi connectivity index (χ1) is 6.85. The Kier molecular flexibility index (Phi) is 2.02. The second kappa shape index (κ2) is 3.33. The van der Waals surface area contributed by atoms with Crippen LogP contribution >= 0.6 is 0 Å². The Morgan fingerprint density at radius 1 is 1.50 bits per heavy atom. The number of ether oxygens (including phenoxy) is 1. The summed E-state index contributed by atoms with van der Waals surface area (Å²) in [5.74, 6) is 0.282. The van der Waals surface area contributed by atoms with Crippen molar-refractivity contribution in [1.29, 1.82) is 0 Å². The highest BCUT2D eigenvalue weighted by atomic mass is 16.6. The first-order valence-electron chi connectivity index (χ1n) is 3.86. The number of nitrogens with one attached hydrogen (secondary N) is 1. The number of nitrogens with zero attached hydrogens (tertiary/aromatic N) is 2. The molecule has 0 aliphatic heterocycles. The molecule has 0 saturated carbocycles. The maximum Gasteiger partial charge on any atom is 0.285 e. The zero-order chi connectivity index (χ0) is 9.97. The van der Waals surface area contributed by atoms with Crippen molar-refractivity contribution in [2.75, 3.05) is 7.11 Å². The predicted molar refractivity (Wildman–Crippen MR) is 46.0 cm³/mol. The number of aromatic nitrogens is 3. The second-order valence-corrected chi connectivity index (χ2v) is 2.57. The summed E-state index contributed by atoms with van der Waals surface area (Å²) in [6.45, 7) is 0. The van der Waals surface area contributed by atoms with E-state index in [0.717, 1.165) is 0 Å². The molecule has 0 aliphatic carbocycles. The minimum absolute atomic E-state index is 0.282. The molecule has 2 aromatic heterocycles. The molecule has 14 heavy (non-hydrogen) atoms. The topological polar surface area (TPSA) is 81.0 Å². The zero-order valence-electron chi connectivity index (χ0n) is 7.35. The van der Waals surface area contributed by atoms with Gasteiger partial charge in [0.1, 0.15) is 0 Å². The highest BCUT2D eigenvalue weighted by Crippen LogP contribution is 2.24. The number of aldehydes is 1. The summed E-state index contributed by atoms with van der Waals surface area (Å²) in [4.78, 5) is 13.3. The van der Waals surface area contributed by atoms with Crippen LogP contribution in [0, 0.1) is 0 Å². The van der Waals surface area contributed by atoms with E-state index in [1.54, 1.807) is 12.1 Å². The molecule has 0 radical (unpaired) electrons. The Morgan fingerprint density at radius 3 is 3.00 bits per heavy atom. The third kappa shape index (κ3) is 1.26. The van der Waals surface area contributed by atoms with Crippen LogP contribution in [0.3, 0.4) is 0 Å². The summed E-state index contributed by atoms with van der Waals surface area (Å²) in [6, 6.07) is 3.34. The Balaban J connectivity index is 2.43. The number of aromatic amines is 1. The van der Waals surface area contributed by atoms with E-state index in [1.165, 1.54) is 7.11 Å². The van der Waals surface area contributed by atoms with Gasteiger partial charge >= 0.3 is 0 Å². The molecule has 6 nitrogen and oxygen atoms in total. The van der Waals surface area contributed by atoms with E-state index < -0.39 is 0 Å². The molecule has 72 valence electrons. The van der Waals surface area contributed by atoms with Gasteiger partial charge in [-0.1, -0.05) is 0 Å².